The summed E-state index contributed by atoms with van der Waals surface area (Å²) in [6, 6.07) is 20.7. The third-order valence-corrected chi connectivity index (χ3v) is 16.3. The lowest BCUT2D eigenvalue weighted by atomic mass is 9.48. The smallest absolute Gasteiger partial charge is 0.189 e. The third kappa shape index (κ3) is 3.28. The molecule has 0 amide bonds. The molecule has 0 aromatic heterocycles. The Balaban J connectivity index is 1.24. The highest BCUT2D eigenvalue weighted by molar-refractivity contribution is 7.99. The lowest BCUT2D eigenvalue weighted by Gasteiger charge is -2.56. The number of ketones is 2. The van der Waals surface area contributed by atoms with Gasteiger partial charge in [-0.25, -0.2) is 0 Å². The normalized spacial score (nSPS) is 43.4. The second-order valence-corrected chi connectivity index (χ2v) is 17.8. The number of nitrogens with zero attached hydrogens (tertiary/aromatic N) is 1. The molecule has 3 aromatic carbocycles. The molecule has 7 aliphatic rings. The van der Waals surface area contributed by atoms with Crippen molar-refractivity contribution in [2.45, 2.75) is 82.4 Å². The maximum Gasteiger partial charge on any atom is 0.189 e. The number of benzene rings is 3. The molecule has 6 heteroatoms. The van der Waals surface area contributed by atoms with E-state index in [0.717, 1.165) is 84.0 Å². The van der Waals surface area contributed by atoms with Crippen molar-refractivity contribution in [2.75, 3.05) is 11.6 Å². The molecule has 2 saturated heterocycles. The van der Waals surface area contributed by atoms with Crippen LogP contribution in [0.25, 0.3) is 10.8 Å². The first-order chi connectivity index (χ1) is 22.7. The highest BCUT2D eigenvalue weighted by atomic mass is 35.5. The highest BCUT2D eigenvalue weighted by Gasteiger charge is 2.82. The van der Waals surface area contributed by atoms with Gasteiger partial charge in [0.15, 0.2) is 5.78 Å². The van der Waals surface area contributed by atoms with Crippen LogP contribution >= 0.6 is 23.4 Å². The molecule has 2 heterocycles. The first-order valence-electron chi connectivity index (χ1n) is 17.8. The average molecular weight is 664 g/mol. The number of carbonyl (C=O) groups is 2. The molecule has 10 rings (SSSR count). The fourth-order valence-corrected chi connectivity index (χ4v) is 14.7. The number of aliphatic hydroxyl groups excluding tert-OH is 1. The van der Waals surface area contributed by atoms with Crippen LogP contribution in [-0.4, -0.2) is 45.3 Å². The Labute approximate surface area is 286 Å². The van der Waals surface area contributed by atoms with E-state index in [9.17, 15) is 5.11 Å². The summed E-state index contributed by atoms with van der Waals surface area (Å²) >= 11 is 9.05. The molecule has 0 bridgehead atoms. The molecule has 3 unspecified atom stereocenters. The molecule has 5 fully saturated rings. The first-order valence-corrected chi connectivity index (χ1v) is 19.3. The van der Waals surface area contributed by atoms with Gasteiger partial charge in [0.2, 0.25) is 0 Å². The monoisotopic (exact) mass is 663 g/mol. The SMILES string of the molecule is C[C@]12CC[C@H](O)CC1=CC[C@@H]1[C@@H]2CC[C@]2(C)C(=O)C3(C[C@@H]12)C(c1ccccc1Cl)[C@@H]1CSCN1C31C(=O)c2cccc3cccc1c23. The van der Waals surface area contributed by atoms with Crippen molar-refractivity contribution < 1.29 is 14.7 Å². The topological polar surface area (TPSA) is 57.6 Å². The van der Waals surface area contributed by atoms with Gasteiger partial charge in [-0.1, -0.05) is 91.7 Å². The van der Waals surface area contributed by atoms with Crippen LogP contribution in [0.2, 0.25) is 5.02 Å². The van der Waals surface area contributed by atoms with Crippen LogP contribution in [0.3, 0.4) is 0 Å². The largest absolute Gasteiger partial charge is 0.393 e. The quantitative estimate of drug-likeness (QED) is 0.265. The Bertz CT molecular complexity index is 1940. The van der Waals surface area contributed by atoms with Gasteiger partial charge >= 0.3 is 0 Å². The third-order valence-electron chi connectivity index (χ3n) is 15.0. The van der Waals surface area contributed by atoms with E-state index in [4.69, 9.17) is 11.6 Å². The van der Waals surface area contributed by atoms with Gasteiger partial charge in [0.25, 0.3) is 0 Å². The molecule has 2 aliphatic heterocycles. The van der Waals surface area contributed by atoms with Gasteiger partial charge in [-0.05, 0) is 96.1 Å². The maximum atomic E-state index is 16.2. The number of carbonyl (C=O) groups excluding carboxylic acids is 2. The van der Waals surface area contributed by atoms with Crippen molar-refractivity contribution in [1.82, 2.24) is 4.90 Å². The summed E-state index contributed by atoms with van der Waals surface area (Å²) in [5.74, 6) is 2.92. The van der Waals surface area contributed by atoms with E-state index in [2.05, 4.69) is 61.2 Å². The predicted octanol–water partition coefficient (Wildman–Crippen LogP) is 8.55. The summed E-state index contributed by atoms with van der Waals surface area (Å²) in [6.07, 6.45) is 8.43. The average Bonchev–Trinajstić information content (AvgIpc) is 3.77. The minimum absolute atomic E-state index is 0.0344. The molecule has 2 spiro atoms. The molecule has 242 valence electrons. The second kappa shape index (κ2) is 9.62. The van der Waals surface area contributed by atoms with Crippen LogP contribution in [0.1, 0.15) is 86.2 Å². The summed E-state index contributed by atoms with van der Waals surface area (Å²) in [4.78, 5) is 34.3. The zero-order valence-electron chi connectivity index (χ0n) is 27.2. The lowest BCUT2D eigenvalue weighted by Crippen LogP contribution is -2.58. The molecular formula is C41H42ClNO3S. The summed E-state index contributed by atoms with van der Waals surface area (Å²) < 4.78 is 0. The summed E-state index contributed by atoms with van der Waals surface area (Å²) in [7, 11) is 0. The van der Waals surface area contributed by atoms with Crippen molar-refractivity contribution in [2.24, 2.45) is 34.0 Å². The fraction of sp³-hybridized carbons (Fsp3) is 0.512. The molecule has 5 aliphatic carbocycles. The Morgan fingerprint density at radius 3 is 2.55 bits per heavy atom. The Morgan fingerprint density at radius 1 is 0.936 bits per heavy atom. The van der Waals surface area contributed by atoms with E-state index in [1.54, 1.807) is 0 Å². The van der Waals surface area contributed by atoms with E-state index in [-0.39, 0.29) is 35.2 Å². The zero-order valence-corrected chi connectivity index (χ0v) is 28.7. The molecular weight excluding hydrogens is 622 g/mol. The number of fused-ring (bicyclic) bond motifs is 9. The zero-order chi connectivity index (χ0) is 32.1. The highest BCUT2D eigenvalue weighted by Crippen LogP contribution is 2.78. The summed E-state index contributed by atoms with van der Waals surface area (Å²) in [5.41, 5.74) is 1.86. The van der Waals surface area contributed by atoms with E-state index >= 15 is 9.59 Å². The summed E-state index contributed by atoms with van der Waals surface area (Å²) in [5, 5.41) is 13.4. The van der Waals surface area contributed by atoms with Crippen LogP contribution in [0, 0.1) is 34.0 Å². The minimum Gasteiger partial charge on any atom is -0.393 e. The lowest BCUT2D eigenvalue weighted by molar-refractivity contribution is -0.141. The summed E-state index contributed by atoms with van der Waals surface area (Å²) in [6.45, 7) is 4.73. The maximum absolute atomic E-state index is 16.2. The molecule has 3 aromatic rings. The van der Waals surface area contributed by atoms with Gasteiger partial charge < -0.3 is 5.11 Å². The predicted molar refractivity (Wildman–Crippen MR) is 188 cm³/mol. The number of aliphatic hydroxyl groups is 1. The standard InChI is InChI=1S/C41H42ClNO3S/c1-38-17-15-25(44)19-24(38)13-14-26-29(38)16-18-39(2)31(26)20-40(37(39)46)35(27-9-3-4-12-32(27)42)33-21-47-22-43(33)41(40)30-11-6-8-23-7-5-10-28(34(23)30)36(41)45/h3-13,25-26,29,31,33,35,44H,14-22H2,1-2H3/t25-,26+,29-,31-,33-,35?,38-,39-,40?,41?/m0/s1. The van der Waals surface area contributed by atoms with Gasteiger partial charge in [0.1, 0.15) is 11.3 Å². The first kappa shape index (κ1) is 29.5. The van der Waals surface area contributed by atoms with Gasteiger partial charge in [0, 0.05) is 39.6 Å². The van der Waals surface area contributed by atoms with E-state index in [0.29, 0.717) is 22.6 Å². The van der Waals surface area contributed by atoms with E-state index in [1.165, 1.54) is 5.57 Å². The number of hydrogen-bond donors (Lipinski definition) is 1. The van der Waals surface area contributed by atoms with Crippen LogP contribution in [0.4, 0.5) is 0 Å². The molecule has 3 saturated carbocycles. The van der Waals surface area contributed by atoms with Crippen molar-refractivity contribution in [3.63, 3.8) is 0 Å². The molecule has 0 radical (unpaired) electrons. The van der Waals surface area contributed by atoms with Crippen LogP contribution in [-0.2, 0) is 10.3 Å². The molecule has 10 atom stereocenters. The van der Waals surface area contributed by atoms with Crippen molar-refractivity contribution in [1.29, 1.82) is 0 Å². The number of Topliss-reactive ketones (excluding diaryl/α,β-unsaturated/α-hetero) is 2. The Morgan fingerprint density at radius 2 is 1.72 bits per heavy atom. The van der Waals surface area contributed by atoms with Gasteiger partial charge in [-0.3, -0.25) is 14.5 Å². The number of allylic oxidation sites excluding steroid dienone is 1. The van der Waals surface area contributed by atoms with Gasteiger partial charge in [-0.2, -0.15) is 0 Å². The molecule has 47 heavy (non-hydrogen) atoms. The van der Waals surface area contributed by atoms with Crippen LogP contribution in [0.15, 0.2) is 72.3 Å². The van der Waals surface area contributed by atoms with Crippen molar-refractivity contribution in [3.8, 4) is 0 Å². The Kier molecular flexibility index (Phi) is 6.03. The van der Waals surface area contributed by atoms with E-state index < -0.39 is 16.4 Å². The molecule has 1 N–H and O–H groups in total. The number of hydrogen-bond acceptors (Lipinski definition) is 5. The fourth-order valence-electron chi connectivity index (χ4n) is 13.1. The van der Waals surface area contributed by atoms with Crippen molar-refractivity contribution >= 4 is 45.7 Å². The Hall–Kier alpha value is -2.44. The number of thioether (sulfide) groups is 1. The van der Waals surface area contributed by atoms with Gasteiger partial charge in [0.05, 0.1) is 11.5 Å². The second-order valence-electron chi connectivity index (χ2n) is 16.4. The van der Waals surface area contributed by atoms with Crippen LogP contribution in [0.5, 0.6) is 0 Å². The minimum atomic E-state index is -1.06. The molecule has 4 nitrogen and oxygen atoms in total. The number of rotatable bonds is 1. The van der Waals surface area contributed by atoms with Gasteiger partial charge in [-0.15, -0.1) is 11.8 Å². The van der Waals surface area contributed by atoms with E-state index in [1.807, 2.05) is 36.0 Å². The van der Waals surface area contributed by atoms with Crippen molar-refractivity contribution in [3.05, 3.63) is 94.0 Å². The van der Waals surface area contributed by atoms with Crippen LogP contribution < -0.4 is 0 Å². The number of halogens is 1.